The SMILES string of the molecule is CC(C)(N)c1cc(-c2ccc(F)cc2)nc(C(O)(CN)C(F)(F)F)c1. The van der Waals surface area contributed by atoms with E-state index in [1.54, 1.807) is 13.8 Å². The quantitative estimate of drug-likeness (QED) is 0.735. The van der Waals surface area contributed by atoms with Crippen molar-refractivity contribution < 1.29 is 22.7 Å². The van der Waals surface area contributed by atoms with Gasteiger partial charge in [0.05, 0.1) is 11.4 Å². The summed E-state index contributed by atoms with van der Waals surface area (Å²) in [6, 6.07) is 7.68. The Morgan fingerprint density at radius 1 is 1.08 bits per heavy atom. The first-order valence-electron chi connectivity index (χ1n) is 7.45. The molecule has 0 aliphatic carbocycles. The average Bonchev–Trinajstić information content (AvgIpc) is 2.52. The molecule has 0 saturated carbocycles. The van der Waals surface area contributed by atoms with E-state index in [1.807, 2.05) is 0 Å². The van der Waals surface area contributed by atoms with Crippen molar-refractivity contribution >= 4 is 0 Å². The minimum absolute atomic E-state index is 0.127. The molecule has 0 saturated heterocycles. The predicted molar refractivity (Wildman–Crippen MR) is 85.9 cm³/mol. The molecule has 0 aliphatic heterocycles. The molecule has 1 heterocycles. The molecule has 2 rings (SSSR count). The molecular weight excluding hydrogens is 338 g/mol. The topological polar surface area (TPSA) is 85.2 Å². The summed E-state index contributed by atoms with van der Waals surface area (Å²) in [5.74, 6) is -0.493. The second-order valence-corrected chi connectivity index (χ2v) is 6.42. The lowest BCUT2D eigenvalue weighted by atomic mass is 9.89. The monoisotopic (exact) mass is 357 g/mol. The van der Waals surface area contributed by atoms with E-state index >= 15 is 0 Å². The van der Waals surface area contributed by atoms with Crippen molar-refractivity contribution in [1.29, 1.82) is 0 Å². The van der Waals surface area contributed by atoms with Crippen molar-refractivity contribution in [3.8, 4) is 11.3 Å². The Labute approximate surface area is 142 Å². The fourth-order valence-electron chi connectivity index (χ4n) is 2.25. The van der Waals surface area contributed by atoms with Crippen LogP contribution in [0.15, 0.2) is 36.4 Å². The van der Waals surface area contributed by atoms with Crippen LogP contribution in [0.1, 0.15) is 25.1 Å². The number of nitrogens with zero attached hydrogens (tertiary/aromatic N) is 1. The fraction of sp³-hybridized carbons (Fsp3) is 0.353. The first-order chi connectivity index (χ1) is 11.4. The van der Waals surface area contributed by atoms with Gasteiger partial charge in [-0.05, 0) is 55.8 Å². The molecule has 5 N–H and O–H groups in total. The van der Waals surface area contributed by atoms with E-state index < -0.39 is 35.4 Å². The molecule has 1 aromatic carbocycles. The Morgan fingerprint density at radius 2 is 1.64 bits per heavy atom. The molecule has 0 bridgehead atoms. The molecule has 1 unspecified atom stereocenters. The Kier molecular flexibility index (Phi) is 4.91. The molecular formula is C17H19F4N3O. The minimum atomic E-state index is -5.02. The van der Waals surface area contributed by atoms with Crippen LogP contribution in [0.25, 0.3) is 11.3 Å². The van der Waals surface area contributed by atoms with Gasteiger partial charge in [-0.3, -0.25) is 0 Å². The van der Waals surface area contributed by atoms with Crippen molar-refractivity contribution in [2.45, 2.75) is 31.2 Å². The minimum Gasteiger partial charge on any atom is -0.374 e. The summed E-state index contributed by atoms with van der Waals surface area (Å²) >= 11 is 0. The van der Waals surface area contributed by atoms with Crippen LogP contribution in [0.3, 0.4) is 0 Å². The summed E-state index contributed by atoms with van der Waals surface area (Å²) in [5, 5.41) is 10.1. The highest BCUT2D eigenvalue weighted by atomic mass is 19.4. The lowest BCUT2D eigenvalue weighted by Gasteiger charge is -2.30. The number of benzene rings is 1. The Morgan fingerprint density at radius 3 is 2.08 bits per heavy atom. The van der Waals surface area contributed by atoms with Crippen molar-refractivity contribution in [2.75, 3.05) is 6.54 Å². The maximum Gasteiger partial charge on any atom is 0.424 e. The van der Waals surface area contributed by atoms with Crippen molar-refractivity contribution in [3.05, 3.63) is 53.5 Å². The number of halogens is 4. The summed E-state index contributed by atoms with van der Waals surface area (Å²) in [5.41, 5.74) is 7.09. The second kappa shape index (κ2) is 6.36. The molecule has 0 spiro atoms. The number of pyridine rings is 1. The van der Waals surface area contributed by atoms with Gasteiger partial charge in [0.15, 0.2) is 0 Å². The average molecular weight is 357 g/mol. The van der Waals surface area contributed by atoms with E-state index in [4.69, 9.17) is 11.5 Å². The molecule has 136 valence electrons. The highest BCUT2D eigenvalue weighted by Crippen LogP contribution is 2.39. The number of alkyl halides is 3. The number of nitrogens with two attached hydrogens (primary N) is 2. The zero-order chi connectivity index (χ0) is 19.0. The number of rotatable bonds is 4. The Hall–Kier alpha value is -2.03. The molecule has 0 amide bonds. The third kappa shape index (κ3) is 3.81. The lowest BCUT2D eigenvalue weighted by Crippen LogP contribution is -2.49. The maximum atomic E-state index is 13.4. The summed E-state index contributed by atoms with van der Waals surface area (Å²) in [6.45, 7) is 2.12. The molecule has 1 aromatic heterocycles. The van der Waals surface area contributed by atoms with Gasteiger partial charge in [-0.15, -0.1) is 0 Å². The molecule has 1 atom stereocenters. The van der Waals surface area contributed by atoms with Gasteiger partial charge in [-0.2, -0.15) is 13.2 Å². The molecule has 8 heteroatoms. The molecule has 0 fully saturated rings. The van der Waals surface area contributed by atoms with Gasteiger partial charge in [0.2, 0.25) is 5.60 Å². The summed E-state index contributed by atoms with van der Waals surface area (Å²) < 4.78 is 53.2. The lowest BCUT2D eigenvalue weighted by molar-refractivity contribution is -0.263. The van der Waals surface area contributed by atoms with Gasteiger partial charge in [0, 0.05) is 17.6 Å². The van der Waals surface area contributed by atoms with E-state index in [0.717, 1.165) is 18.2 Å². The van der Waals surface area contributed by atoms with Crippen LogP contribution >= 0.6 is 0 Å². The third-order valence-corrected chi connectivity index (χ3v) is 3.90. The van der Waals surface area contributed by atoms with E-state index in [1.165, 1.54) is 18.2 Å². The number of aromatic nitrogens is 1. The molecule has 0 radical (unpaired) electrons. The van der Waals surface area contributed by atoms with E-state index in [-0.39, 0.29) is 5.69 Å². The highest BCUT2D eigenvalue weighted by Gasteiger charge is 2.55. The number of aliphatic hydroxyl groups is 1. The third-order valence-electron chi connectivity index (χ3n) is 3.90. The van der Waals surface area contributed by atoms with E-state index in [2.05, 4.69) is 4.98 Å². The largest absolute Gasteiger partial charge is 0.424 e. The number of hydrogen-bond acceptors (Lipinski definition) is 4. The smallest absolute Gasteiger partial charge is 0.374 e. The first-order valence-corrected chi connectivity index (χ1v) is 7.45. The van der Waals surface area contributed by atoms with Crippen molar-refractivity contribution in [1.82, 2.24) is 4.98 Å². The Balaban J connectivity index is 2.73. The van der Waals surface area contributed by atoms with Crippen LogP contribution in [0.4, 0.5) is 17.6 Å². The van der Waals surface area contributed by atoms with Gasteiger partial charge in [-0.1, -0.05) is 0 Å². The standard InChI is InChI=1S/C17H19F4N3O/c1-15(2,23)11-7-13(10-3-5-12(18)6-4-10)24-14(8-11)16(25,9-22)17(19,20)21/h3-8,25H,9,22-23H2,1-2H3. The van der Waals surface area contributed by atoms with Crippen molar-refractivity contribution in [3.63, 3.8) is 0 Å². The van der Waals surface area contributed by atoms with Gasteiger partial charge in [-0.25, -0.2) is 9.37 Å². The highest BCUT2D eigenvalue weighted by molar-refractivity contribution is 5.61. The normalized spacial score (nSPS) is 15.1. The molecule has 2 aromatic rings. The zero-order valence-electron chi connectivity index (χ0n) is 13.7. The summed E-state index contributed by atoms with van der Waals surface area (Å²) in [6.07, 6.45) is -5.02. The van der Waals surface area contributed by atoms with Crippen LogP contribution in [0, 0.1) is 5.82 Å². The fourth-order valence-corrected chi connectivity index (χ4v) is 2.25. The Bertz CT molecular complexity index is 754. The maximum absolute atomic E-state index is 13.4. The van der Waals surface area contributed by atoms with Gasteiger partial charge < -0.3 is 16.6 Å². The molecule has 4 nitrogen and oxygen atoms in total. The number of hydrogen-bond donors (Lipinski definition) is 3. The van der Waals surface area contributed by atoms with Gasteiger partial charge >= 0.3 is 6.18 Å². The van der Waals surface area contributed by atoms with Crippen LogP contribution in [0.5, 0.6) is 0 Å². The van der Waals surface area contributed by atoms with Gasteiger partial charge in [0.25, 0.3) is 0 Å². The van der Waals surface area contributed by atoms with Crippen LogP contribution < -0.4 is 11.5 Å². The van der Waals surface area contributed by atoms with Crippen LogP contribution in [-0.4, -0.2) is 22.8 Å². The van der Waals surface area contributed by atoms with Crippen LogP contribution in [-0.2, 0) is 11.1 Å². The summed E-state index contributed by atoms with van der Waals surface area (Å²) in [7, 11) is 0. The van der Waals surface area contributed by atoms with E-state index in [0.29, 0.717) is 11.1 Å². The van der Waals surface area contributed by atoms with Crippen molar-refractivity contribution in [2.24, 2.45) is 11.5 Å². The van der Waals surface area contributed by atoms with Crippen LogP contribution in [0.2, 0.25) is 0 Å². The van der Waals surface area contributed by atoms with E-state index in [9.17, 15) is 22.7 Å². The predicted octanol–water partition coefficient (Wildman–Crippen LogP) is 2.79. The zero-order valence-corrected chi connectivity index (χ0v) is 13.7. The second-order valence-electron chi connectivity index (χ2n) is 6.42. The summed E-state index contributed by atoms with van der Waals surface area (Å²) in [4.78, 5) is 3.93. The molecule has 25 heavy (non-hydrogen) atoms. The molecule has 0 aliphatic rings. The van der Waals surface area contributed by atoms with Gasteiger partial charge in [0.1, 0.15) is 5.82 Å². The first kappa shape index (κ1) is 19.3.